The molecule has 0 unspecified atom stereocenters. The zero-order valence-corrected chi connectivity index (χ0v) is 16.9. The normalized spacial score (nSPS) is 11.0. The Kier molecular flexibility index (Phi) is 5.81. The summed E-state index contributed by atoms with van der Waals surface area (Å²) in [6, 6.07) is 21.9. The Morgan fingerprint density at radius 2 is 1.66 bits per heavy atom. The molecule has 2 aromatic heterocycles. The first kappa shape index (κ1) is 19.1. The minimum atomic E-state index is -0.144. The molecule has 2 heterocycles. The van der Waals surface area contributed by atoms with E-state index in [1.54, 1.807) is 16.2 Å². The lowest BCUT2D eigenvalue weighted by atomic mass is 9.97. The highest BCUT2D eigenvalue weighted by atomic mass is 32.1. The zero-order chi connectivity index (χ0) is 20.1. The molecule has 0 atom stereocenters. The topological polar surface area (TPSA) is 59.2 Å². The van der Waals surface area contributed by atoms with Crippen LogP contribution in [-0.4, -0.2) is 28.1 Å². The Morgan fingerprint density at radius 1 is 1.00 bits per heavy atom. The largest absolute Gasteiger partial charge is 0.421 e. The fourth-order valence-corrected chi connectivity index (χ4v) is 3.93. The van der Waals surface area contributed by atoms with E-state index in [9.17, 15) is 4.79 Å². The number of thiophene rings is 1. The zero-order valence-electron chi connectivity index (χ0n) is 16.1. The van der Waals surface area contributed by atoms with Crippen molar-refractivity contribution in [2.45, 2.75) is 18.9 Å². The third kappa shape index (κ3) is 4.43. The third-order valence-electron chi connectivity index (χ3n) is 4.80. The van der Waals surface area contributed by atoms with Crippen LogP contribution in [0.4, 0.5) is 0 Å². The number of hydrogen-bond acceptors (Lipinski definition) is 5. The lowest BCUT2D eigenvalue weighted by Gasteiger charge is -2.29. The molecule has 1 amide bonds. The average molecular weight is 404 g/mol. The van der Waals surface area contributed by atoms with Crippen molar-refractivity contribution in [3.63, 3.8) is 0 Å². The van der Waals surface area contributed by atoms with Crippen LogP contribution >= 0.6 is 11.3 Å². The maximum atomic E-state index is 13.0. The first-order valence-corrected chi connectivity index (χ1v) is 10.4. The summed E-state index contributed by atoms with van der Waals surface area (Å²) in [6.07, 6.45) is 0.717. The van der Waals surface area contributed by atoms with Gasteiger partial charge in [0.15, 0.2) is 0 Å². The lowest BCUT2D eigenvalue weighted by molar-refractivity contribution is -0.131. The third-order valence-corrected chi connectivity index (χ3v) is 5.48. The predicted molar refractivity (Wildman–Crippen MR) is 113 cm³/mol. The lowest BCUT2D eigenvalue weighted by Crippen LogP contribution is -2.32. The number of rotatable bonds is 7. The second-order valence-corrected chi connectivity index (χ2v) is 7.52. The summed E-state index contributed by atoms with van der Waals surface area (Å²) >= 11 is 1.58. The van der Waals surface area contributed by atoms with E-state index in [1.165, 1.54) is 0 Å². The van der Waals surface area contributed by atoms with Crippen LogP contribution in [0.5, 0.6) is 0 Å². The van der Waals surface area contributed by atoms with Gasteiger partial charge >= 0.3 is 0 Å². The molecule has 0 saturated heterocycles. The summed E-state index contributed by atoms with van der Waals surface area (Å²) in [5, 5.41) is 12.1. The monoisotopic (exact) mass is 403 g/mol. The van der Waals surface area contributed by atoms with Crippen LogP contribution in [0.2, 0.25) is 0 Å². The molecule has 0 aliphatic heterocycles. The van der Waals surface area contributed by atoms with Crippen LogP contribution in [0.25, 0.3) is 11.5 Å². The van der Waals surface area contributed by atoms with Gasteiger partial charge in [0.2, 0.25) is 17.7 Å². The smallest absolute Gasteiger partial charge is 0.248 e. The Balaban J connectivity index is 1.48. The molecule has 0 aliphatic carbocycles. The minimum absolute atomic E-state index is 0.0259. The molecule has 0 radical (unpaired) electrons. The number of benzene rings is 2. The van der Waals surface area contributed by atoms with Crippen molar-refractivity contribution in [3.05, 3.63) is 94.5 Å². The van der Waals surface area contributed by atoms with Crippen molar-refractivity contribution in [1.29, 1.82) is 0 Å². The van der Waals surface area contributed by atoms with E-state index in [2.05, 4.69) is 10.2 Å². The van der Waals surface area contributed by atoms with E-state index in [0.29, 0.717) is 24.6 Å². The molecule has 146 valence electrons. The Labute approximate surface area is 173 Å². The van der Waals surface area contributed by atoms with Gasteiger partial charge in [-0.15, -0.1) is 10.2 Å². The fourth-order valence-electron chi connectivity index (χ4n) is 3.30. The molecule has 6 heteroatoms. The SMILES string of the molecule is CN(C(=O)CCc1nnc(-c2ccsc2)o1)C(c1ccccc1)c1ccccc1. The molecule has 0 bridgehead atoms. The summed E-state index contributed by atoms with van der Waals surface area (Å²) in [7, 11) is 1.84. The highest BCUT2D eigenvalue weighted by Gasteiger charge is 2.23. The second-order valence-electron chi connectivity index (χ2n) is 6.74. The molecular formula is C23H21N3O2S. The quantitative estimate of drug-likeness (QED) is 0.437. The summed E-state index contributed by atoms with van der Waals surface area (Å²) < 4.78 is 5.70. The van der Waals surface area contributed by atoms with Gasteiger partial charge in [-0.25, -0.2) is 0 Å². The highest BCUT2D eigenvalue weighted by Crippen LogP contribution is 2.28. The first-order valence-electron chi connectivity index (χ1n) is 9.43. The van der Waals surface area contributed by atoms with E-state index < -0.39 is 0 Å². The summed E-state index contributed by atoms with van der Waals surface area (Å²) in [5.41, 5.74) is 3.06. The van der Waals surface area contributed by atoms with E-state index in [4.69, 9.17) is 4.42 Å². The molecular weight excluding hydrogens is 382 g/mol. The first-order chi connectivity index (χ1) is 14.2. The summed E-state index contributed by atoms with van der Waals surface area (Å²) in [4.78, 5) is 14.8. The van der Waals surface area contributed by atoms with Crippen molar-refractivity contribution in [3.8, 4) is 11.5 Å². The van der Waals surface area contributed by atoms with Crippen molar-refractivity contribution < 1.29 is 9.21 Å². The molecule has 0 fully saturated rings. The molecule has 0 N–H and O–H groups in total. The van der Waals surface area contributed by atoms with Gasteiger partial charge in [0.05, 0.1) is 6.04 Å². The van der Waals surface area contributed by atoms with E-state index in [-0.39, 0.29) is 11.9 Å². The maximum Gasteiger partial charge on any atom is 0.248 e. The molecule has 0 aliphatic rings. The van der Waals surface area contributed by atoms with Crippen molar-refractivity contribution >= 4 is 17.2 Å². The highest BCUT2D eigenvalue weighted by molar-refractivity contribution is 7.08. The molecule has 2 aromatic carbocycles. The van der Waals surface area contributed by atoms with Gasteiger partial charge in [0.25, 0.3) is 0 Å². The van der Waals surface area contributed by atoms with Crippen LogP contribution < -0.4 is 0 Å². The van der Waals surface area contributed by atoms with Crippen molar-refractivity contribution in [1.82, 2.24) is 15.1 Å². The van der Waals surface area contributed by atoms with Crippen LogP contribution in [0.15, 0.2) is 81.9 Å². The molecule has 5 nitrogen and oxygen atoms in total. The van der Waals surface area contributed by atoms with Gasteiger partial charge in [0.1, 0.15) is 0 Å². The Hall–Kier alpha value is -3.25. The Morgan fingerprint density at radius 3 is 2.24 bits per heavy atom. The van der Waals surface area contributed by atoms with Crippen LogP contribution in [0, 0.1) is 0 Å². The second kappa shape index (κ2) is 8.84. The van der Waals surface area contributed by atoms with Gasteiger partial charge in [-0.3, -0.25) is 4.79 Å². The number of aryl methyl sites for hydroxylation is 1. The fraction of sp³-hybridized carbons (Fsp3) is 0.174. The number of hydrogen-bond donors (Lipinski definition) is 0. The van der Waals surface area contributed by atoms with Gasteiger partial charge in [-0.05, 0) is 22.6 Å². The van der Waals surface area contributed by atoms with E-state index >= 15 is 0 Å². The van der Waals surface area contributed by atoms with E-state index in [1.807, 2.05) is 84.5 Å². The van der Waals surface area contributed by atoms with Crippen molar-refractivity contribution in [2.24, 2.45) is 0 Å². The standard InChI is InChI=1S/C23H21N3O2S/c1-26(22(17-8-4-2-5-9-17)18-10-6-3-7-11-18)21(27)13-12-20-24-25-23(28-20)19-14-15-29-16-19/h2-11,14-16,22H,12-13H2,1H3. The molecule has 0 spiro atoms. The van der Waals surface area contributed by atoms with Crippen LogP contribution in [-0.2, 0) is 11.2 Å². The average Bonchev–Trinajstić information content (AvgIpc) is 3.45. The number of carbonyl (C=O) groups excluding carboxylic acids is 1. The maximum absolute atomic E-state index is 13.0. The number of carbonyl (C=O) groups is 1. The van der Waals surface area contributed by atoms with Crippen LogP contribution in [0.1, 0.15) is 29.5 Å². The molecule has 4 rings (SSSR count). The minimum Gasteiger partial charge on any atom is -0.421 e. The summed E-state index contributed by atoms with van der Waals surface area (Å²) in [5.74, 6) is 0.996. The predicted octanol–water partition coefficient (Wildman–Crippen LogP) is 4.98. The number of aromatic nitrogens is 2. The van der Waals surface area contributed by atoms with Gasteiger partial charge in [-0.2, -0.15) is 11.3 Å². The van der Waals surface area contributed by atoms with Gasteiger partial charge in [0, 0.05) is 30.8 Å². The Bertz CT molecular complexity index is 1010. The summed E-state index contributed by atoms with van der Waals surface area (Å²) in [6.45, 7) is 0. The molecule has 0 saturated carbocycles. The number of amides is 1. The van der Waals surface area contributed by atoms with Crippen LogP contribution in [0.3, 0.4) is 0 Å². The molecule has 4 aromatic rings. The molecule has 29 heavy (non-hydrogen) atoms. The number of nitrogens with zero attached hydrogens (tertiary/aromatic N) is 3. The van der Waals surface area contributed by atoms with Gasteiger partial charge in [-0.1, -0.05) is 60.7 Å². The van der Waals surface area contributed by atoms with Gasteiger partial charge < -0.3 is 9.32 Å². The van der Waals surface area contributed by atoms with Crippen molar-refractivity contribution in [2.75, 3.05) is 7.05 Å². The van der Waals surface area contributed by atoms with E-state index in [0.717, 1.165) is 16.7 Å².